The molecule has 18 heavy (non-hydrogen) atoms. The van der Waals surface area contributed by atoms with Crippen LogP contribution in [0.3, 0.4) is 0 Å². The van der Waals surface area contributed by atoms with Crippen LogP contribution in [0.4, 0.5) is 0 Å². The van der Waals surface area contributed by atoms with Crippen molar-refractivity contribution in [2.24, 2.45) is 0 Å². The van der Waals surface area contributed by atoms with Crippen molar-refractivity contribution >= 4 is 11.3 Å². The summed E-state index contributed by atoms with van der Waals surface area (Å²) in [6.45, 7) is 4.06. The van der Waals surface area contributed by atoms with Gasteiger partial charge >= 0.3 is 0 Å². The molecule has 1 N–H and O–H groups in total. The lowest BCUT2D eigenvalue weighted by Gasteiger charge is -2.22. The highest BCUT2D eigenvalue weighted by atomic mass is 32.1. The van der Waals surface area contributed by atoms with Crippen LogP contribution in [-0.2, 0) is 4.74 Å². The molecule has 1 heterocycles. The first-order valence-corrected chi connectivity index (χ1v) is 8.03. The van der Waals surface area contributed by atoms with Crippen LogP contribution in [0.25, 0.3) is 0 Å². The zero-order chi connectivity index (χ0) is 12.6. The van der Waals surface area contributed by atoms with Gasteiger partial charge in [0.25, 0.3) is 0 Å². The number of ether oxygens (including phenoxy) is 1. The van der Waals surface area contributed by atoms with Gasteiger partial charge in [-0.25, -0.2) is 4.98 Å². The zero-order valence-corrected chi connectivity index (χ0v) is 12.0. The molecule has 0 saturated heterocycles. The highest BCUT2D eigenvalue weighted by Gasteiger charge is 2.13. The van der Waals surface area contributed by atoms with Crippen molar-refractivity contribution in [3.8, 4) is 0 Å². The second-order valence-electron chi connectivity index (χ2n) is 5.07. The first-order valence-electron chi connectivity index (χ1n) is 7.09. The van der Waals surface area contributed by atoms with Crippen LogP contribution >= 0.6 is 11.3 Å². The maximum Gasteiger partial charge on any atom is 0.0795 e. The molecule has 0 spiro atoms. The average Bonchev–Trinajstić information content (AvgIpc) is 2.93. The molecule has 3 nitrogen and oxygen atoms in total. The Morgan fingerprint density at radius 2 is 2.28 bits per heavy atom. The van der Waals surface area contributed by atoms with E-state index in [2.05, 4.69) is 22.6 Å². The predicted molar refractivity (Wildman–Crippen MR) is 76.0 cm³/mol. The first-order chi connectivity index (χ1) is 8.86. The Morgan fingerprint density at radius 3 is 3.00 bits per heavy atom. The van der Waals surface area contributed by atoms with Crippen LogP contribution in [0, 0.1) is 0 Å². The smallest absolute Gasteiger partial charge is 0.0795 e. The quantitative estimate of drug-likeness (QED) is 0.768. The van der Waals surface area contributed by atoms with Gasteiger partial charge in [-0.15, -0.1) is 11.3 Å². The van der Waals surface area contributed by atoms with Crippen molar-refractivity contribution in [1.29, 1.82) is 0 Å². The van der Waals surface area contributed by atoms with E-state index in [4.69, 9.17) is 4.74 Å². The molecule has 1 aliphatic rings. The van der Waals surface area contributed by atoms with Crippen LogP contribution < -0.4 is 5.32 Å². The molecule has 0 aromatic carbocycles. The molecule has 102 valence electrons. The molecule has 0 bridgehead atoms. The van der Waals surface area contributed by atoms with Gasteiger partial charge in [-0.3, -0.25) is 0 Å². The molecule has 4 heteroatoms. The highest BCUT2D eigenvalue weighted by Crippen LogP contribution is 2.20. The summed E-state index contributed by atoms with van der Waals surface area (Å²) in [4.78, 5) is 4.31. The van der Waals surface area contributed by atoms with Gasteiger partial charge in [0.15, 0.2) is 0 Å². The van der Waals surface area contributed by atoms with Gasteiger partial charge in [0.1, 0.15) is 0 Å². The molecule has 1 unspecified atom stereocenters. The van der Waals surface area contributed by atoms with E-state index in [0.29, 0.717) is 12.1 Å². The lowest BCUT2D eigenvalue weighted by Crippen LogP contribution is -2.23. The Hall–Kier alpha value is -0.450. The normalized spacial score (nSPS) is 18.9. The van der Waals surface area contributed by atoms with Crippen LogP contribution in [0.5, 0.6) is 0 Å². The molecule has 2 rings (SSSR count). The largest absolute Gasteiger partial charge is 0.378 e. The molecular weight excluding hydrogens is 244 g/mol. The van der Waals surface area contributed by atoms with E-state index in [1.165, 1.54) is 32.1 Å². The van der Waals surface area contributed by atoms with Gasteiger partial charge in [-0.05, 0) is 32.7 Å². The van der Waals surface area contributed by atoms with Crippen LogP contribution in [0.1, 0.15) is 57.2 Å². The SMILES string of the molecule is CC(NCCCOC1CCCCC1)c1cscn1. The minimum Gasteiger partial charge on any atom is -0.378 e. The summed E-state index contributed by atoms with van der Waals surface area (Å²) in [5, 5.41) is 5.59. The summed E-state index contributed by atoms with van der Waals surface area (Å²) in [5.41, 5.74) is 3.04. The average molecular weight is 268 g/mol. The fourth-order valence-corrected chi connectivity index (χ4v) is 3.06. The third-order valence-corrected chi connectivity index (χ3v) is 4.18. The van der Waals surface area contributed by atoms with E-state index in [0.717, 1.165) is 25.3 Å². The number of hydrogen-bond donors (Lipinski definition) is 1. The summed E-state index contributed by atoms with van der Waals surface area (Å²) in [6, 6.07) is 0.353. The number of thiazole rings is 1. The minimum absolute atomic E-state index is 0.353. The standard InChI is InChI=1S/C14H24N2OS/c1-12(14-10-18-11-16-14)15-8-5-9-17-13-6-3-2-4-7-13/h10-13,15H,2-9H2,1H3. The number of aromatic nitrogens is 1. The number of nitrogens with one attached hydrogen (secondary N) is 1. The number of nitrogens with zero attached hydrogens (tertiary/aromatic N) is 1. The molecule has 1 atom stereocenters. The molecule has 1 aromatic heterocycles. The van der Waals surface area contributed by atoms with Gasteiger partial charge in [-0.2, -0.15) is 0 Å². The van der Waals surface area contributed by atoms with E-state index >= 15 is 0 Å². The van der Waals surface area contributed by atoms with Crippen LogP contribution in [-0.4, -0.2) is 24.2 Å². The van der Waals surface area contributed by atoms with Crippen LogP contribution in [0.2, 0.25) is 0 Å². The van der Waals surface area contributed by atoms with Gasteiger partial charge in [0.05, 0.1) is 17.3 Å². The summed E-state index contributed by atoms with van der Waals surface area (Å²) in [7, 11) is 0. The Labute approximate surface area is 114 Å². The zero-order valence-electron chi connectivity index (χ0n) is 11.2. The van der Waals surface area contributed by atoms with E-state index in [1.807, 2.05) is 5.51 Å². The predicted octanol–water partition coefficient (Wildman–Crippen LogP) is 3.53. The molecule has 1 aromatic rings. The fraction of sp³-hybridized carbons (Fsp3) is 0.786. The molecule has 1 aliphatic carbocycles. The Bertz CT molecular complexity index is 310. The lowest BCUT2D eigenvalue weighted by molar-refractivity contribution is 0.0271. The van der Waals surface area contributed by atoms with Crippen molar-refractivity contribution in [2.45, 2.75) is 57.6 Å². The van der Waals surface area contributed by atoms with E-state index in [-0.39, 0.29) is 0 Å². The Balaban J connectivity index is 1.50. The Kier molecular flexibility index (Phi) is 6.11. The van der Waals surface area contributed by atoms with Crippen molar-refractivity contribution < 1.29 is 4.74 Å². The minimum atomic E-state index is 0.353. The topological polar surface area (TPSA) is 34.1 Å². The van der Waals surface area contributed by atoms with Gasteiger partial charge in [-0.1, -0.05) is 19.3 Å². The molecule has 0 amide bonds. The van der Waals surface area contributed by atoms with E-state index < -0.39 is 0 Å². The number of hydrogen-bond acceptors (Lipinski definition) is 4. The third-order valence-electron chi connectivity index (χ3n) is 3.57. The summed E-state index contributed by atoms with van der Waals surface area (Å²) >= 11 is 1.65. The van der Waals surface area contributed by atoms with Gasteiger partial charge < -0.3 is 10.1 Å². The van der Waals surface area contributed by atoms with Crippen molar-refractivity contribution in [1.82, 2.24) is 10.3 Å². The van der Waals surface area contributed by atoms with Crippen LogP contribution in [0.15, 0.2) is 10.9 Å². The summed E-state index contributed by atoms with van der Waals surface area (Å²) < 4.78 is 5.90. The fourth-order valence-electron chi connectivity index (χ4n) is 2.41. The molecule has 1 fully saturated rings. The maximum absolute atomic E-state index is 5.90. The van der Waals surface area contributed by atoms with Gasteiger partial charge in [0, 0.05) is 18.0 Å². The third kappa shape index (κ3) is 4.67. The van der Waals surface area contributed by atoms with Gasteiger partial charge in [0.2, 0.25) is 0 Å². The van der Waals surface area contributed by atoms with E-state index in [1.54, 1.807) is 11.3 Å². The summed E-state index contributed by atoms with van der Waals surface area (Å²) in [6.07, 6.45) is 8.26. The van der Waals surface area contributed by atoms with Crippen molar-refractivity contribution in [3.05, 3.63) is 16.6 Å². The lowest BCUT2D eigenvalue weighted by atomic mass is 9.98. The second kappa shape index (κ2) is 7.87. The van der Waals surface area contributed by atoms with Crippen molar-refractivity contribution in [2.75, 3.05) is 13.2 Å². The van der Waals surface area contributed by atoms with E-state index in [9.17, 15) is 0 Å². The first kappa shape index (κ1) is 14.0. The van der Waals surface area contributed by atoms with Crippen molar-refractivity contribution in [3.63, 3.8) is 0 Å². The molecule has 0 radical (unpaired) electrons. The summed E-state index contributed by atoms with van der Waals surface area (Å²) in [5.74, 6) is 0. The monoisotopic (exact) mass is 268 g/mol. The maximum atomic E-state index is 5.90. The number of rotatable bonds is 7. The second-order valence-corrected chi connectivity index (χ2v) is 5.79. The molecule has 1 saturated carbocycles. The molecule has 0 aliphatic heterocycles. The Morgan fingerprint density at radius 1 is 1.44 bits per heavy atom. The molecular formula is C14H24N2OS. The highest BCUT2D eigenvalue weighted by molar-refractivity contribution is 7.07.